The van der Waals surface area contributed by atoms with Crippen LogP contribution in [0.4, 0.5) is 0 Å². The Morgan fingerprint density at radius 1 is 1.58 bits per heavy atom. The number of hydrogen-bond acceptors (Lipinski definition) is 3. The van der Waals surface area contributed by atoms with Crippen LogP contribution in [0.5, 0.6) is 0 Å². The molecule has 0 bridgehead atoms. The van der Waals surface area contributed by atoms with Crippen molar-refractivity contribution in [1.82, 2.24) is 4.90 Å². The maximum Gasteiger partial charge on any atom is 0.144 e. The van der Waals surface area contributed by atoms with E-state index in [-0.39, 0.29) is 5.25 Å². The van der Waals surface area contributed by atoms with E-state index >= 15 is 0 Å². The molecule has 0 aromatic heterocycles. The van der Waals surface area contributed by atoms with Crippen molar-refractivity contribution in [3.05, 3.63) is 0 Å². The second kappa shape index (κ2) is 4.28. The predicted octanol–water partition coefficient (Wildman–Crippen LogP) is 1.40. The molecule has 3 heteroatoms. The van der Waals surface area contributed by atoms with Crippen LogP contribution in [0.1, 0.15) is 20.8 Å². The lowest BCUT2D eigenvalue weighted by Gasteiger charge is -2.33. The summed E-state index contributed by atoms with van der Waals surface area (Å²) in [4.78, 5) is 13.5. The molecule has 0 amide bonds. The standard InChI is InChI=1S/C9H17NOS/c1-7(2)10-4-5-12-9(6-10)8(3)11/h7,9H,4-6H2,1-3H3. The Kier molecular flexibility index (Phi) is 3.59. The zero-order valence-electron chi connectivity index (χ0n) is 8.04. The fourth-order valence-corrected chi connectivity index (χ4v) is 2.54. The van der Waals surface area contributed by atoms with Crippen molar-refractivity contribution >= 4 is 17.5 Å². The first-order valence-corrected chi connectivity index (χ1v) is 5.52. The van der Waals surface area contributed by atoms with Gasteiger partial charge in [0.05, 0.1) is 5.25 Å². The second-order valence-electron chi connectivity index (χ2n) is 3.56. The minimum Gasteiger partial charge on any atom is -0.299 e. The Bertz CT molecular complexity index is 170. The average molecular weight is 187 g/mol. The summed E-state index contributed by atoms with van der Waals surface area (Å²) < 4.78 is 0. The molecular weight excluding hydrogens is 170 g/mol. The summed E-state index contributed by atoms with van der Waals surface area (Å²) in [7, 11) is 0. The highest BCUT2D eigenvalue weighted by atomic mass is 32.2. The number of Topliss-reactive ketones (excluding diaryl/α,β-unsaturated/α-hetero) is 1. The quantitative estimate of drug-likeness (QED) is 0.652. The lowest BCUT2D eigenvalue weighted by atomic mass is 10.2. The van der Waals surface area contributed by atoms with Crippen molar-refractivity contribution in [3.63, 3.8) is 0 Å². The molecule has 1 rings (SSSR count). The molecule has 0 saturated carbocycles. The maximum atomic E-state index is 11.1. The van der Waals surface area contributed by atoms with Crippen molar-refractivity contribution in [2.45, 2.75) is 32.1 Å². The average Bonchev–Trinajstić information content (AvgIpc) is 2.04. The van der Waals surface area contributed by atoms with Gasteiger partial charge in [0.2, 0.25) is 0 Å². The fourth-order valence-electron chi connectivity index (χ4n) is 1.38. The zero-order valence-corrected chi connectivity index (χ0v) is 8.86. The summed E-state index contributed by atoms with van der Waals surface area (Å²) in [6, 6.07) is 0.577. The van der Waals surface area contributed by atoms with Gasteiger partial charge in [0.25, 0.3) is 0 Å². The normalized spacial score (nSPS) is 26.2. The van der Waals surface area contributed by atoms with Crippen LogP contribution in [0.2, 0.25) is 0 Å². The van der Waals surface area contributed by atoms with E-state index in [1.54, 1.807) is 18.7 Å². The number of hydrogen-bond donors (Lipinski definition) is 0. The van der Waals surface area contributed by atoms with Gasteiger partial charge in [-0.25, -0.2) is 0 Å². The van der Waals surface area contributed by atoms with Gasteiger partial charge in [-0.15, -0.1) is 11.8 Å². The highest BCUT2D eigenvalue weighted by molar-refractivity contribution is 8.00. The number of carbonyl (C=O) groups excluding carboxylic acids is 1. The summed E-state index contributed by atoms with van der Waals surface area (Å²) in [5.74, 6) is 1.42. The first-order chi connectivity index (χ1) is 5.61. The molecule has 0 aromatic carbocycles. The lowest BCUT2D eigenvalue weighted by molar-refractivity contribution is -0.117. The summed E-state index contributed by atoms with van der Waals surface area (Å²) in [6.45, 7) is 8.14. The third-order valence-corrected chi connectivity index (χ3v) is 3.58. The third-order valence-electron chi connectivity index (χ3n) is 2.28. The molecule has 2 nitrogen and oxygen atoms in total. The van der Waals surface area contributed by atoms with E-state index in [1.807, 2.05) is 0 Å². The molecule has 12 heavy (non-hydrogen) atoms. The molecule has 1 aliphatic heterocycles. The van der Waals surface area contributed by atoms with Crippen LogP contribution in [0.3, 0.4) is 0 Å². The summed E-state index contributed by atoms with van der Waals surface area (Å²) in [5, 5.41) is 0.223. The summed E-state index contributed by atoms with van der Waals surface area (Å²) >= 11 is 1.80. The number of thioether (sulfide) groups is 1. The second-order valence-corrected chi connectivity index (χ2v) is 4.87. The predicted molar refractivity (Wildman–Crippen MR) is 53.6 cm³/mol. The Morgan fingerprint density at radius 3 is 2.75 bits per heavy atom. The van der Waals surface area contributed by atoms with Gasteiger partial charge in [0, 0.05) is 24.9 Å². The molecule has 1 heterocycles. The number of ketones is 1. The van der Waals surface area contributed by atoms with E-state index in [0.717, 1.165) is 18.8 Å². The molecule has 1 fully saturated rings. The van der Waals surface area contributed by atoms with Gasteiger partial charge in [-0.05, 0) is 20.8 Å². The molecule has 0 radical (unpaired) electrons. The third kappa shape index (κ3) is 2.49. The monoisotopic (exact) mass is 187 g/mol. The molecule has 0 aromatic rings. The van der Waals surface area contributed by atoms with Crippen LogP contribution in [0.15, 0.2) is 0 Å². The molecule has 1 aliphatic rings. The summed E-state index contributed by atoms with van der Waals surface area (Å²) in [6.07, 6.45) is 0. The minimum atomic E-state index is 0.223. The lowest BCUT2D eigenvalue weighted by Crippen LogP contribution is -2.44. The van der Waals surface area contributed by atoms with Gasteiger partial charge in [-0.3, -0.25) is 9.69 Å². The minimum absolute atomic E-state index is 0.223. The Balaban J connectivity index is 2.46. The first kappa shape index (κ1) is 10.1. The van der Waals surface area contributed by atoms with Crippen LogP contribution < -0.4 is 0 Å². The van der Waals surface area contributed by atoms with Gasteiger partial charge in [-0.2, -0.15) is 0 Å². The molecule has 0 aliphatic carbocycles. The highest BCUT2D eigenvalue weighted by Gasteiger charge is 2.24. The van der Waals surface area contributed by atoms with Gasteiger partial charge < -0.3 is 0 Å². The first-order valence-electron chi connectivity index (χ1n) is 4.47. The molecule has 70 valence electrons. The van der Waals surface area contributed by atoms with Crippen molar-refractivity contribution in [1.29, 1.82) is 0 Å². The molecule has 1 atom stereocenters. The van der Waals surface area contributed by atoms with Crippen molar-refractivity contribution in [2.75, 3.05) is 18.8 Å². The van der Waals surface area contributed by atoms with Crippen molar-refractivity contribution < 1.29 is 4.79 Å². The van der Waals surface area contributed by atoms with E-state index in [0.29, 0.717) is 11.8 Å². The smallest absolute Gasteiger partial charge is 0.144 e. The van der Waals surface area contributed by atoms with E-state index < -0.39 is 0 Å². The molecule has 0 spiro atoms. The Labute approximate surface area is 78.7 Å². The zero-order chi connectivity index (χ0) is 9.14. The van der Waals surface area contributed by atoms with Gasteiger partial charge in [0.1, 0.15) is 5.78 Å². The largest absolute Gasteiger partial charge is 0.299 e. The fraction of sp³-hybridized carbons (Fsp3) is 0.889. The Hall–Kier alpha value is -0.0200. The molecule has 0 N–H and O–H groups in total. The van der Waals surface area contributed by atoms with E-state index in [1.165, 1.54) is 0 Å². The van der Waals surface area contributed by atoms with E-state index in [4.69, 9.17) is 0 Å². The van der Waals surface area contributed by atoms with Crippen LogP contribution in [-0.2, 0) is 4.79 Å². The van der Waals surface area contributed by atoms with Crippen LogP contribution in [-0.4, -0.2) is 40.8 Å². The van der Waals surface area contributed by atoms with Gasteiger partial charge in [0.15, 0.2) is 0 Å². The molecular formula is C9H17NOS. The number of carbonyl (C=O) groups is 1. The maximum absolute atomic E-state index is 11.1. The van der Waals surface area contributed by atoms with Gasteiger partial charge >= 0.3 is 0 Å². The van der Waals surface area contributed by atoms with E-state index in [9.17, 15) is 4.79 Å². The molecule has 1 saturated heterocycles. The van der Waals surface area contributed by atoms with Gasteiger partial charge in [-0.1, -0.05) is 0 Å². The van der Waals surface area contributed by atoms with Crippen LogP contribution >= 0.6 is 11.8 Å². The topological polar surface area (TPSA) is 20.3 Å². The summed E-state index contributed by atoms with van der Waals surface area (Å²) in [5.41, 5.74) is 0. The Morgan fingerprint density at radius 2 is 2.25 bits per heavy atom. The van der Waals surface area contributed by atoms with Crippen molar-refractivity contribution in [3.8, 4) is 0 Å². The number of rotatable bonds is 2. The SMILES string of the molecule is CC(=O)C1CN(C(C)C)CCS1. The van der Waals surface area contributed by atoms with E-state index in [2.05, 4.69) is 18.7 Å². The number of nitrogens with zero attached hydrogens (tertiary/aromatic N) is 1. The highest BCUT2D eigenvalue weighted by Crippen LogP contribution is 2.20. The van der Waals surface area contributed by atoms with Crippen molar-refractivity contribution in [2.24, 2.45) is 0 Å². The molecule has 1 unspecified atom stereocenters. The van der Waals surface area contributed by atoms with Crippen LogP contribution in [0.25, 0.3) is 0 Å². The van der Waals surface area contributed by atoms with Crippen LogP contribution in [0, 0.1) is 0 Å².